The first kappa shape index (κ1) is 46.0. The molecule has 3 heterocycles. The molecule has 5 nitrogen and oxygen atoms in total. The molecule has 394 valence electrons. The summed E-state index contributed by atoms with van der Waals surface area (Å²) in [5, 5.41) is 1.93. The first-order valence-electron chi connectivity index (χ1n) is 29.2. The van der Waals surface area contributed by atoms with Crippen LogP contribution in [0.4, 0.5) is 17.1 Å². The zero-order valence-electron chi connectivity index (χ0n) is 47.8. The third kappa shape index (κ3) is 6.98. The summed E-state index contributed by atoms with van der Waals surface area (Å²) in [6, 6.07) is 92.4. The molecule has 0 saturated carbocycles. The Morgan fingerprint density at radius 3 is 1.83 bits per heavy atom. The second-order valence-corrected chi connectivity index (χ2v) is 22.9. The number of nitrogens with zero attached hydrogens (tertiary/aromatic N) is 4. The smallest absolute Gasteiger partial charge is 0.135 e. The predicted molar refractivity (Wildman–Crippen MR) is 324 cm³/mol. The van der Waals surface area contributed by atoms with E-state index in [2.05, 4.69) is 225 Å². The first-order valence-corrected chi connectivity index (χ1v) is 27.7. The van der Waals surface area contributed by atoms with Crippen LogP contribution in [0.1, 0.15) is 97.9 Å². The van der Waals surface area contributed by atoms with Gasteiger partial charge in [0.25, 0.3) is 0 Å². The molecule has 6 heteroatoms. The SMILES string of the molecule is [2H]C([2H])([2H])c1cc(-n2c3[c-]c(Oc4[c-]c(N5[CH-]N(C67c8ccccc8C(c8ccccc8)(c8ccccc86)C6c8ccccc8C7c7ccccc76)c6ccccc65)ccc4)ccc3c3ccccc32)ncc1-c1ccc(C(C)(C)C)cc1.[Pt]. The fraction of sp³-hybridized carbons (Fsp3) is 0.120. The molecule has 19 rings (SSSR count). The summed E-state index contributed by atoms with van der Waals surface area (Å²) in [7, 11) is 0. The molecule has 0 saturated heterocycles. The van der Waals surface area contributed by atoms with Crippen LogP contribution in [-0.2, 0) is 37.4 Å². The Balaban J connectivity index is 0.00000600. The van der Waals surface area contributed by atoms with Gasteiger partial charge in [-0.1, -0.05) is 208 Å². The molecule has 0 unspecified atom stereocenters. The van der Waals surface area contributed by atoms with E-state index in [9.17, 15) is 0 Å². The molecular formula is C75H55N4OPt-3. The molecule has 7 aliphatic rings. The van der Waals surface area contributed by atoms with Gasteiger partial charge in [0.15, 0.2) is 0 Å². The van der Waals surface area contributed by atoms with Crippen molar-refractivity contribution >= 4 is 38.9 Å². The second kappa shape index (κ2) is 18.4. The van der Waals surface area contributed by atoms with Crippen LogP contribution in [-0.4, -0.2) is 9.55 Å². The maximum atomic E-state index is 8.76. The Kier molecular flexibility index (Phi) is 10.5. The van der Waals surface area contributed by atoms with Crippen LogP contribution in [0.15, 0.2) is 243 Å². The van der Waals surface area contributed by atoms with Gasteiger partial charge in [-0.25, -0.2) is 4.98 Å². The van der Waals surface area contributed by atoms with Crippen molar-refractivity contribution in [3.8, 4) is 28.4 Å². The van der Waals surface area contributed by atoms with Gasteiger partial charge in [0, 0.05) is 77.2 Å². The van der Waals surface area contributed by atoms with Gasteiger partial charge in [-0.15, -0.1) is 41.4 Å². The number of ether oxygens (including phenoxy) is 1. The van der Waals surface area contributed by atoms with E-state index < -0.39 is 17.8 Å². The van der Waals surface area contributed by atoms with Gasteiger partial charge in [-0.3, -0.25) is 0 Å². The standard InChI is InChI=1S/C75H55N4O.Pt/c1-48-43-70(76-46-61(48)49-37-39-50(40-38-49)73(2,3)4)79-66-34-17-12-25-55(66)56-42-41-54(45-69(56)79)80-53-24-20-23-52(44-53)77-47-78(68-36-19-18-35-67(68)77)75-64-32-15-13-30-62(64)74(51-21-6-5-7-22-51,63-31-14-16-33-65(63)75)71-57-26-8-10-28-59(57)72(75)60-29-11-9-27-58(60)71;/h5-43,46-47,71-72H,1-4H3;/q-3;/i1D3;. The first-order chi connectivity index (χ1) is 40.4. The van der Waals surface area contributed by atoms with Gasteiger partial charge < -0.3 is 19.1 Å². The molecule has 12 aromatic rings. The van der Waals surface area contributed by atoms with Crippen LogP contribution in [0, 0.1) is 25.7 Å². The quantitative estimate of drug-likeness (QED) is 0.149. The van der Waals surface area contributed by atoms with Crippen molar-refractivity contribution in [3.63, 3.8) is 0 Å². The van der Waals surface area contributed by atoms with E-state index in [0.717, 1.165) is 38.9 Å². The summed E-state index contributed by atoms with van der Waals surface area (Å²) in [6.45, 7) is 6.40. The van der Waals surface area contributed by atoms with E-state index >= 15 is 0 Å². The monoisotopic (exact) mass is 1230 g/mol. The Labute approximate surface area is 492 Å². The number of hydrogen-bond acceptors (Lipinski definition) is 4. The summed E-state index contributed by atoms with van der Waals surface area (Å²) in [6.07, 6.45) is 1.70. The van der Waals surface area contributed by atoms with E-state index in [1.165, 1.54) is 55.6 Å². The summed E-state index contributed by atoms with van der Waals surface area (Å²) in [5.41, 5.74) is 17.7. The van der Waals surface area contributed by atoms with E-state index in [0.29, 0.717) is 28.4 Å². The van der Waals surface area contributed by atoms with Gasteiger partial charge in [0.2, 0.25) is 0 Å². The number of pyridine rings is 1. The Bertz CT molecular complexity index is 4510. The Hall–Kier alpha value is -8.76. The summed E-state index contributed by atoms with van der Waals surface area (Å²) >= 11 is 0. The van der Waals surface area contributed by atoms with Crippen molar-refractivity contribution in [2.45, 2.75) is 55.8 Å². The number of fused-ring (bicyclic) bond motifs is 4. The number of aromatic nitrogens is 2. The minimum absolute atomic E-state index is 0. The number of anilines is 3. The van der Waals surface area contributed by atoms with Crippen molar-refractivity contribution in [2.24, 2.45) is 0 Å². The Morgan fingerprint density at radius 1 is 0.556 bits per heavy atom. The number of aryl methyl sites for hydroxylation is 1. The van der Waals surface area contributed by atoms with Gasteiger partial charge in [0.05, 0.1) is 11.0 Å². The molecule has 1 aliphatic heterocycles. The van der Waals surface area contributed by atoms with Crippen molar-refractivity contribution in [1.82, 2.24) is 9.55 Å². The van der Waals surface area contributed by atoms with Gasteiger partial charge >= 0.3 is 0 Å². The molecule has 81 heavy (non-hydrogen) atoms. The van der Waals surface area contributed by atoms with Gasteiger partial charge in [0.1, 0.15) is 5.82 Å². The van der Waals surface area contributed by atoms with Crippen LogP contribution in [0.25, 0.3) is 38.8 Å². The fourth-order valence-corrected chi connectivity index (χ4v) is 14.6. The van der Waals surface area contributed by atoms with Crippen molar-refractivity contribution < 1.29 is 29.9 Å². The van der Waals surface area contributed by atoms with Crippen LogP contribution in [0.5, 0.6) is 11.5 Å². The molecule has 0 radical (unpaired) electrons. The average Bonchev–Trinajstić information content (AvgIpc) is 0.781. The van der Waals surface area contributed by atoms with E-state index in [1.807, 2.05) is 59.2 Å². The van der Waals surface area contributed by atoms with Crippen LogP contribution in [0.2, 0.25) is 0 Å². The molecule has 6 aliphatic carbocycles. The second-order valence-electron chi connectivity index (χ2n) is 22.9. The summed E-state index contributed by atoms with van der Waals surface area (Å²) < 4.78 is 35.1. The zero-order chi connectivity index (χ0) is 56.0. The number of hydrogen-bond donors (Lipinski definition) is 0. The van der Waals surface area contributed by atoms with E-state index in [4.69, 9.17) is 13.8 Å². The van der Waals surface area contributed by atoms with Gasteiger partial charge in [-0.2, -0.15) is 18.8 Å². The van der Waals surface area contributed by atoms with Crippen molar-refractivity contribution in [1.29, 1.82) is 0 Å². The largest absolute Gasteiger partial charge is 0.509 e. The maximum Gasteiger partial charge on any atom is 0.135 e. The number of para-hydroxylation sites is 3. The summed E-state index contributed by atoms with van der Waals surface area (Å²) in [5.74, 6) is 1.35. The third-order valence-electron chi connectivity index (χ3n) is 17.8. The number of benzene rings is 10. The topological polar surface area (TPSA) is 33.5 Å². The summed E-state index contributed by atoms with van der Waals surface area (Å²) in [4.78, 5) is 9.86. The van der Waals surface area contributed by atoms with Crippen molar-refractivity contribution in [3.05, 3.63) is 323 Å². The molecule has 0 N–H and O–H groups in total. The molecule has 0 atom stereocenters. The normalized spacial score (nSPS) is 19.7. The number of rotatable bonds is 7. The van der Waals surface area contributed by atoms with Crippen LogP contribution in [0.3, 0.4) is 0 Å². The molecule has 2 aromatic heterocycles. The molecule has 0 spiro atoms. The zero-order valence-corrected chi connectivity index (χ0v) is 47.1. The minimum atomic E-state index is -2.41. The molecule has 10 aromatic carbocycles. The maximum absolute atomic E-state index is 8.76. The van der Waals surface area contributed by atoms with E-state index in [-0.39, 0.29) is 43.9 Å². The minimum Gasteiger partial charge on any atom is -0.509 e. The molecule has 4 bridgehead atoms. The Morgan fingerprint density at radius 2 is 1.15 bits per heavy atom. The third-order valence-corrected chi connectivity index (χ3v) is 17.8. The van der Waals surface area contributed by atoms with Crippen LogP contribution >= 0.6 is 0 Å². The van der Waals surface area contributed by atoms with Crippen LogP contribution < -0.4 is 14.5 Å². The van der Waals surface area contributed by atoms with E-state index in [1.54, 1.807) is 12.3 Å². The molecule has 0 fully saturated rings. The fourth-order valence-electron chi connectivity index (χ4n) is 14.6. The van der Waals surface area contributed by atoms with Gasteiger partial charge in [-0.05, 0) is 109 Å². The molecular weight excluding hydrogens is 1170 g/mol. The van der Waals surface area contributed by atoms with Crippen molar-refractivity contribution in [2.75, 3.05) is 9.80 Å². The average molecular weight is 1230 g/mol. The predicted octanol–water partition coefficient (Wildman–Crippen LogP) is 17.8. The molecule has 0 amide bonds.